The number of aliphatic hydroxyl groups is 1. The second-order valence-electron chi connectivity index (χ2n) is 12.7. The molecule has 12 heteroatoms. The van der Waals surface area contributed by atoms with Gasteiger partial charge in [-0.3, -0.25) is 14.4 Å². The third-order valence-electron chi connectivity index (χ3n) is 9.99. The Balaban J connectivity index is 1.37. The third-order valence-corrected chi connectivity index (χ3v) is 12.1. The van der Waals surface area contributed by atoms with Crippen molar-refractivity contribution >= 4 is 46.2 Å². The molecule has 11 nitrogen and oxygen atoms in total. The van der Waals surface area contributed by atoms with Crippen LogP contribution in [0.15, 0.2) is 73.8 Å². The van der Waals surface area contributed by atoms with Gasteiger partial charge >= 0.3 is 0 Å². The number of aliphatic hydroxyl groups excluding tert-OH is 1. The zero-order valence-corrected chi connectivity index (χ0v) is 28.4. The molecule has 0 aliphatic carbocycles. The second-order valence-corrected chi connectivity index (χ2v) is 14.3. The van der Waals surface area contributed by atoms with Gasteiger partial charge in [0.2, 0.25) is 17.7 Å². The summed E-state index contributed by atoms with van der Waals surface area (Å²) in [5.74, 6) is -1.04. The number of carbonyl (C=O) groups is 3. The van der Waals surface area contributed by atoms with Crippen LogP contribution in [0.25, 0.3) is 11.0 Å². The lowest BCUT2D eigenvalue weighted by molar-refractivity contribution is -0.143. The van der Waals surface area contributed by atoms with Crippen LogP contribution in [0.2, 0.25) is 0 Å². The van der Waals surface area contributed by atoms with Crippen molar-refractivity contribution in [1.29, 1.82) is 0 Å². The van der Waals surface area contributed by atoms with Crippen LogP contribution in [-0.2, 0) is 21.1 Å². The highest BCUT2D eigenvalue weighted by Gasteiger charge is 2.76. The van der Waals surface area contributed by atoms with Crippen LogP contribution in [-0.4, -0.2) is 96.5 Å². The smallest absolute Gasteiger partial charge is 0.248 e. The summed E-state index contributed by atoms with van der Waals surface area (Å²) in [6.45, 7) is 13.4. The van der Waals surface area contributed by atoms with Crippen molar-refractivity contribution in [2.45, 2.75) is 55.8 Å². The van der Waals surface area contributed by atoms with Gasteiger partial charge in [-0.15, -0.1) is 30.0 Å². The summed E-state index contributed by atoms with van der Waals surface area (Å²) in [5.41, 5.74) is 2.22. The number of fused-ring (bicyclic) bond motifs is 2. The van der Waals surface area contributed by atoms with E-state index in [1.165, 1.54) is 0 Å². The summed E-state index contributed by atoms with van der Waals surface area (Å²) in [6.07, 6.45) is 5.14. The zero-order chi connectivity index (χ0) is 34.0. The van der Waals surface area contributed by atoms with Crippen molar-refractivity contribution in [3.8, 4) is 5.75 Å². The van der Waals surface area contributed by atoms with Crippen LogP contribution in [0.3, 0.4) is 0 Å². The molecule has 3 aromatic rings. The number of anilines is 1. The number of unbranched alkanes of at least 4 members (excludes halogenated alkanes) is 1. The molecule has 2 bridgehead atoms. The number of aromatic nitrogens is 3. The highest BCUT2D eigenvalue weighted by Crippen LogP contribution is 2.69. The van der Waals surface area contributed by atoms with E-state index in [4.69, 9.17) is 4.74 Å². The molecule has 254 valence electrons. The number of rotatable bonds is 15. The third kappa shape index (κ3) is 5.68. The number of carbonyl (C=O) groups excluding carboxylic acids is 3. The van der Waals surface area contributed by atoms with Gasteiger partial charge in [0.15, 0.2) is 0 Å². The Kier molecular flexibility index (Phi) is 9.93. The highest BCUT2D eigenvalue weighted by atomic mass is 32.2. The van der Waals surface area contributed by atoms with E-state index in [0.717, 1.165) is 17.5 Å². The Labute approximate surface area is 285 Å². The summed E-state index contributed by atoms with van der Waals surface area (Å²) in [6, 6.07) is 14.2. The Morgan fingerprint density at radius 1 is 1.10 bits per heavy atom. The molecule has 3 aliphatic rings. The minimum Gasteiger partial charge on any atom is -0.494 e. The molecule has 1 aromatic heterocycles. The van der Waals surface area contributed by atoms with E-state index in [-0.39, 0.29) is 55.3 Å². The molecule has 3 amide bonds. The highest BCUT2D eigenvalue weighted by molar-refractivity contribution is 8.02. The Morgan fingerprint density at radius 3 is 2.56 bits per heavy atom. The molecule has 4 heterocycles. The van der Waals surface area contributed by atoms with Gasteiger partial charge < -0.3 is 24.5 Å². The Morgan fingerprint density at radius 2 is 1.85 bits per heavy atom. The maximum Gasteiger partial charge on any atom is 0.248 e. The van der Waals surface area contributed by atoms with Gasteiger partial charge in [-0.2, -0.15) is 0 Å². The summed E-state index contributed by atoms with van der Waals surface area (Å²) in [5, 5.41) is 18.1. The normalized spacial score (nSPS) is 25.7. The predicted octanol–water partition coefficient (Wildman–Crippen LogP) is 4.13. The number of hydrogen-bond donors (Lipinski definition) is 1. The fraction of sp³-hybridized carbons (Fsp3) is 0.472. The SMILES string of the molecule is C=CCN(Cn1nnc2ccccc21)C(=O)C1N(CCCCO)C(=O)[C@@H]2[C@@H](C(=O)N(CC=C)c3ccc(OCC)cc3)[C@H]3CC(C)C12S3. The molecule has 1 N–H and O–H groups in total. The molecule has 2 aromatic carbocycles. The molecule has 3 fully saturated rings. The molecule has 6 atom stereocenters. The molecular formula is C36H44N6O5S. The van der Waals surface area contributed by atoms with Crippen molar-refractivity contribution in [3.05, 3.63) is 73.8 Å². The molecule has 48 heavy (non-hydrogen) atoms. The first-order valence-corrected chi connectivity index (χ1v) is 17.6. The van der Waals surface area contributed by atoms with Crippen LogP contribution in [0.4, 0.5) is 5.69 Å². The van der Waals surface area contributed by atoms with E-state index in [0.29, 0.717) is 37.4 Å². The largest absolute Gasteiger partial charge is 0.494 e. The van der Waals surface area contributed by atoms with E-state index in [1.54, 1.807) is 43.3 Å². The van der Waals surface area contributed by atoms with E-state index < -0.39 is 22.6 Å². The lowest BCUT2D eigenvalue weighted by Gasteiger charge is -2.41. The molecule has 0 radical (unpaired) electrons. The van der Waals surface area contributed by atoms with E-state index in [1.807, 2.05) is 55.5 Å². The number of amides is 3. The van der Waals surface area contributed by atoms with E-state index >= 15 is 0 Å². The minimum absolute atomic E-state index is 0.00981. The first-order valence-electron chi connectivity index (χ1n) is 16.7. The van der Waals surface area contributed by atoms with Crippen LogP contribution in [0, 0.1) is 17.8 Å². The van der Waals surface area contributed by atoms with Crippen molar-refractivity contribution in [1.82, 2.24) is 24.8 Å². The Hall–Kier alpha value is -4.16. The quantitative estimate of drug-likeness (QED) is 0.189. The van der Waals surface area contributed by atoms with Gasteiger partial charge in [-0.25, -0.2) is 4.68 Å². The molecule has 3 saturated heterocycles. The Bertz CT molecular complexity index is 1680. The first-order chi connectivity index (χ1) is 23.3. The lowest BCUT2D eigenvalue weighted by atomic mass is 9.65. The molecule has 6 rings (SSSR count). The minimum atomic E-state index is -0.791. The standard InChI is InChI=1S/C36H44N6O5S/c1-5-18-39(23-42-28-13-9-8-12-27(28)37-38-42)35(46)32-36-24(4)22-29(48-36)30(31(36)34(45)41(32)20-10-11-21-43)33(44)40(19-6-2)25-14-16-26(17-15-25)47-7-3/h5-6,8-9,12-17,24,29-32,43H,1-2,7,10-11,18-23H2,3-4H3/t24?,29-,30+,31+,32?,36?/m1/s1. The lowest BCUT2D eigenvalue weighted by Crippen LogP contribution is -2.57. The summed E-state index contributed by atoms with van der Waals surface area (Å²) >= 11 is 1.65. The van der Waals surface area contributed by atoms with Crippen molar-refractivity contribution in [2.24, 2.45) is 17.8 Å². The fourth-order valence-electron chi connectivity index (χ4n) is 7.97. The molecule has 3 unspecified atom stereocenters. The van der Waals surface area contributed by atoms with Crippen LogP contribution in [0.1, 0.15) is 33.1 Å². The van der Waals surface area contributed by atoms with Crippen LogP contribution < -0.4 is 9.64 Å². The predicted molar refractivity (Wildman–Crippen MR) is 186 cm³/mol. The van der Waals surface area contributed by atoms with Gasteiger partial charge in [0.1, 0.15) is 24.0 Å². The van der Waals surface area contributed by atoms with Crippen molar-refractivity contribution in [2.75, 3.05) is 37.7 Å². The van der Waals surface area contributed by atoms with Crippen molar-refractivity contribution in [3.63, 3.8) is 0 Å². The van der Waals surface area contributed by atoms with Gasteiger partial charge in [-0.05, 0) is 68.5 Å². The molecule has 0 saturated carbocycles. The number of hydrogen-bond acceptors (Lipinski definition) is 8. The monoisotopic (exact) mass is 672 g/mol. The fourth-order valence-corrected chi connectivity index (χ4v) is 10.4. The molecule has 1 spiro atoms. The van der Waals surface area contributed by atoms with Gasteiger partial charge in [-0.1, -0.05) is 36.4 Å². The van der Waals surface area contributed by atoms with E-state index in [2.05, 4.69) is 30.4 Å². The zero-order valence-electron chi connectivity index (χ0n) is 27.6. The topological polar surface area (TPSA) is 121 Å². The maximum atomic E-state index is 14.9. The van der Waals surface area contributed by atoms with Gasteiger partial charge in [0.05, 0.1) is 28.7 Å². The van der Waals surface area contributed by atoms with Crippen LogP contribution >= 0.6 is 11.8 Å². The summed E-state index contributed by atoms with van der Waals surface area (Å²) < 4.78 is 6.52. The van der Waals surface area contributed by atoms with E-state index in [9.17, 15) is 19.5 Å². The summed E-state index contributed by atoms with van der Waals surface area (Å²) in [4.78, 5) is 49.3. The maximum absolute atomic E-state index is 14.9. The molecule has 3 aliphatic heterocycles. The molecular weight excluding hydrogens is 629 g/mol. The van der Waals surface area contributed by atoms with Gasteiger partial charge in [0, 0.05) is 37.2 Å². The van der Waals surface area contributed by atoms with Crippen LogP contribution in [0.5, 0.6) is 5.75 Å². The number of para-hydroxylation sites is 1. The first kappa shape index (κ1) is 33.7. The van der Waals surface area contributed by atoms with Gasteiger partial charge in [0.25, 0.3) is 0 Å². The van der Waals surface area contributed by atoms with Crippen molar-refractivity contribution < 1.29 is 24.2 Å². The number of ether oxygens (including phenoxy) is 1. The number of thioether (sulfide) groups is 1. The number of nitrogens with zero attached hydrogens (tertiary/aromatic N) is 6. The second kappa shape index (κ2) is 14.1. The number of benzene rings is 2. The number of likely N-dealkylation sites (tertiary alicyclic amines) is 1. The average Bonchev–Trinajstić information content (AvgIpc) is 3.81. The summed E-state index contributed by atoms with van der Waals surface area (Å²) in [7, 11) is 0. The average molecular weight is 673 g/mol.